The molecule has 0 aliphatic carbocycles. The average Bonchev–Trinajstić information content (AvgIpc) is 2.29. The van der Waals surface area contributed by atoms with Crippen LogP contribution in [0.25, 0.3) is 0 Å². The summed E-state index contributed by atoms with van der Waals surface area (Å²) in [6.45, 7) is 3.19. The Morgan fingerprint density at radius 3 is 2.22 bits per heavy atom. The van der Waals surface area contributed by atoms with E-state index in [1.807, 2.05) is 6.92 Å². The minimum absolute atomic E-state index is 0.0480. The molecule has 0 aliphatic heterocycles. The van der Waals surface area contributed by atoms with Crippen LogP contribution < -0.4 is 0 Å². The van der Waals surface area contributed by atoms with E-state index in [-0.39, 0.29) is 10.5 Å². The highest BCUT2D eigenvalue weighted by atomic mass is 32.2. The van der Waals surface area contributed by atoms with Crippen molar-refractivity contribution in [3.63, 3.8) is 0 Å². The normalized spacial score (nSPS) is 12.3. The number of nitrogens with zero attached hydrogens (tertiary/aromatic N) is 1. The van der Waals surface area contributed by atoms with E-state index in [0.29, 0.717) is 0 Å². The van der Waals surface area contributed by atoms with Gasteiger partial charge in [-0.2, -0.15) is 0 Å². The summed E-state index contributed by atoms with van der Waals surface area (Å²) in [5.41, 5.74) is 0.905. The van der Waals surface area contributed by atoms with Gasteiger partial charge in [-0.05, 0) is 26.0 Å². The van der Waals surface area contributed by atoms with Gasteiger partial charge in [0.05, 0.1) is 10.5 Å². The van der Waals surface area contributed by atoms with Crippen LogP contribution in [0.5, 0.6) is 0 Å². The van der Waals surface area contributed by atoms with E-state index in [1.165, 1.54) is 26.1 Å². The number of sulfonamides is 1. The molecule has 1 aromatic carbocycles. The summed E-state index contributed by atoms with van der Waals surface area (Å²) in [5.74, 6) is -1.15. The summed E-state index contributed by atoms with van der Waals surface area (Å²) in [6.07, 6.45) is 1.08. The van der Waals surface area contributed by atoms with Crippen LogP contribution in [0.1, 0.15) is 12.5 Å². The molecule has 0 bridgehead atoms. The number of aliphatic carboxylic acids is 1. The van der Waals surface area contributed by atoms with Crippen molar-refractivity contribution in [1.29, 1.82) is 0 Å². The van der Waals surface area contributed by atoms with Crippen LogP contribution in [0.3, 0.4) is 0 Å². The van der Waals surface area contributed by atoms with Crippen molar-refractivity contribution >= 4 is 16.0 Å². The lowest BCUT2D eigenvalue weighted by atomic mass is 10.2. The maximum Gasteiger partial charge on any atom is 0.332 e. The molecule has 0 aliphatic rings. The summed E-state index contributed by atoms with van der Waals surface area (Å²) < 4.78 is 25.1. The van der Waals surface area contributed by atoms with Gasteiger partial charge in [0.2, 0.25) is 0 Å². The topological polar surface area (TPSA) is 74.7 Å². The van der Waals surface area contributed by atoms with E-state index < -0.39 is 16.0 Å². The Hall–Kier alpha value is -1.82. The Kier molecular flexibility index (Phi) is 4.13. The van der Waals surface area contributed by atoms with Crippen molar-refractivity contribution in [2.45, 2.75) is 18.7 Å². The van der Waals surface area contributed by atoms with Gasteiger partial charge in [0, 0.05) is 13.2 Å². The molecule has 0 amide bonds. The second-order valence-electron chi connectivity index (χ2n) is 3.95. The molecule has 0 heterocycles. The van der Waals surface area contributed by atoms with Gasteiger partial charge >= 0.3 is 5.97 Å². The van der Waals surface area contributed by atoms with E-state index in [1.54, 1.807) is 12.1 Å². The van der Waals surface area contributed by atoms with Crippen LogP contribution in [0.2, 0.25) is 0 Å². The number of carbonyl (C=O) groups is 1. The Labute approximate surface area is 106 Å². The number of benzene rings is 1. The monoisotopic (exact) mass is 269 g/mol. The first kappa shape index (κ1) is 14.2. The van der Waals surface area contributed by atoms with Gasteiger partial charge in [0.25, 0.3) is 10.0 Å². The number of carboxylic acids is 1. The zero-order chi connectivity index (χ0) is 13.9. The van der Waals surface area contributed by atoms with E-state index in [2.05, 4.69) is 0 Å². The third-order valence-electron chi connectivity index (χ3n) is 2.41. The van der Waals surface area contributed by atoms with E-state index in [9.17, 15) is 13.2 Å². The molecule has 0 atom stereocenters. The maximum absolute atomic E-state index is 12.1. The Balaban J connectivity index is 3.11. The molecule has 0 saturated heterocycles. The summed E-state index contributed by atoms with van der Waals surface area (Å²) in [4.78, 5) is 10.8. The molecule has 0 fully saturated rings. The van der Waals surface area contributed by atoms with Crippen molar-refractivity contribution < 1.29 is 18.3 Å². The quantitative estimate of drug-likeness (QED) is 0.842. The van der Waals surface area contributed by atoms with Crippen molar-refractivity contribution in [1.82, 2.24) is 4.31 Å². The lowest BCUT2D eigenvalue weighted by Crippen LogP contribution is -2.22. The minimum Gasteiger partial charge on any atom is -0.478 e. The smallest absolute Gasteiger partial charge is 0.332 e. The van der Waals surface area contributed by atoms with Gasteiger partial charge in [0.1, 0.15) is 0 Å². The highest BCUT2D eigenvalue weighted by Crippen LogP contribution is 2.16. The molecule has 18 heavy (non-hydrogen) atoms. The van der Waals surface area contributed by atoms with Gasteiger partial charge in [-0.3, -0.25) is 4.31 Å². The minimum atomic E-state index is -3.69. The molecule has 0 unspecified atom stereocenters. The fourth-order valence-corrected chi connectivity index (χ4v) is 2.38. The zero-order valence-corrected chi connectivity index (χ0v) is 11.2. The lowest BCUT2D eigenvalue weighted by Gasteiger charge is -2.15. The third-order valence-corrected chi connectivity index (χ3v) is 4.14. The number of rotatable bonds is 4. The summed E-state index contributed by atoms with van der Waals surface area (Å²) in [6, 6.07) is 6.36. The molecule has 0 aromatic heterocycles. The fourth-order valence-electron chi connectivity index (χ4n) is 1.27. The van der Waals surface area contributed by atoms with E-state index >= 15 is 0 Å². The maximum atomic E-state index is 12.1. The molecule has 1 N–H and O–H groups in total. The third kappa shape index (κ3) is 3.10. The van der Waals surface area contributed by atoms with Crippen LogP contribution in [0.15, 0.2) is 40.9 Å². The van der Waals surface area contributed by atoms with E-state index in [4.69, 9.17) is 5.11 Å². The highest BCUT2D eigenvalue weighted by molar-refractivity contribution is 7.89. The largest absolute Gasteiger partial charge is 0.478 e. The number of aryl methyl sites for hydroxylation is 1. The Morgan fingerprint density at radius 2 is 1.78 bits per heavy atom. The van der Waals surface area contributed by atoms with Gasteiger partial charge in [-0.15, -0.1) is 0 Å². The average molecular weight is 269 g/mol. The van der Waals surface area contributed by atoms with Crippen molar-refractivity contribution in [2.75, 3.05) is 7.05 Å². The molecule has 5 nitrogen and oxygen atoms in total. The first-order valence-electron chi connectivity index (χ1n) is 5.21. The molecular weight excluding hydrogens is 254 g/mol. The van der Waals surface area contributed by atoms with Crippen molar-refractivity contribution in [3.8, 4) is 0 Å². The number of hydrogen-bond acceptors (Lipinski definition) is 3. The van der Waals surface area contributed by atoms with E-state index in [0.717, 1.165) is 16.1 Å². The molecule has 0 saturated carbocycles. The number of hydrogen-bond donors (Lipinski definition) is 1. The molecule has 0 radical (unpaired) electrons. The first-order valence-corrected chi connectivity index (χ1v) is 6.65. The Bertz CT molecular complexity index is 573. The van der Waals surface area contributed by atoms with Crippen molar-refractivity contribution in [3.05, 3.63) is 41.6 Å². The fraction of sp³-hybridized carbons (Fsp3) is 0.250. The second kappa shape index (κ2) is 5.22. The van der Waals surface area contributed by atoms with Crippen LogP contribution in [-0.4, -0.2) is 30.8 Å². The molecule has 98 valence electrons. The van der Waals surface area contributed by atoms with Gasteiger partial charge < -0.3 is 5.11 Å². The molecule has 1 aromatic rings. The van der Waals surface area contributed by atoms with Gasteiger partial charge in [-0.25, -0.2) is 13.2 Å². The molecule has 0 spiro atoms. The van der Waals surface area contributed by atoms with Crippen LogP contribution in [0, 0.1) is 6.92 Å². The number of carboxylic acid groups (broad SMARTS) is 1. The zero-order valence-electron chi connectivity index (χ0n) is 10.4. The predicted octanol–water partition coefficient (Wildman–Crippen LogP) is 1.60. The molecule has 1 rings (SSSR count). The van der Waals surface area contributed by atoms with Crippen LogP contribution >= 0.6 is 0 Å². The Morgan fingerprint density at radius 1 is 1.28 bits per heavy atom. The van der Waals surface area contributed by atoms with Crippen molar-refractivity contribution in [2.24, 2.45) is 0 Å². The predicted molar refractivity (Wildman–Crippen MR) is 67.5 cm³/mol. The molecule has 6 heteroatoms. The summed E-state index contributed by atoms with van der Waals surface area (Å²) in [7, 11) is -2.38. The van der Waals surface area contributed by atoms with Crippen LogP contribution in [0.4, 0.5) is 0 Å². The van der Waals surface area contributed by atoms with Gasteiger partial charge in [-0.1, -0.05) is 17.7 Å². The highest BCUT2D eigenvalue weighted by Gasteiger charge is 2.18. The molecular formula is C12H15NO4S. The SMILES string of the molecule is C/C(=C\N(C)S(=O)(=O)c1ccc(C)cc1)C(=O)O. The first-order chi connectivity index (χ1) is 8.25. The van der Waals surface area contributed by atoms with Gasteiger partial charge in [0.15, 0.2) is 0 Å². The standard InChI is InChI=1S/C12H15NO4S/c1-9-4-6-11(7-5-9)18(16,17)13(3)8-10(2)12(14)15/h4-8H,1-3H3,(H,14,15)/b10-8+. The second-order valence-corrected chi connectivity index (χ2v) is 5.95. The lowest BCUT2D eigenvalue weighted by molar-refractivity contribution is -0.132. The summed E-state index contributed by atoms with van der Waals surface area (Å²) >= 11 is 0. The van der Waals surface area contributed by atoms with Crippen LogP contribution in [-0.2, 0) is 14.8 Å². The summed E-state index contributed by atoms with van der Waals surface area (Å²) in [5, 5.41) is 8.71.